The number of hydrogen-bond acceptors (Lipinski definition) is 4. The molecule has 0 aliphatic carbocycles. The van der Waals surface area contributed by atoms with E-state index in [-0.39, 0.29) is 18.8 Å². The molecule has 0 aromatic heterocycles. The Kier molecular flexibility index (Phi) is 5.32. The average molecular weight is 299 g/mol. The lowest BCUT2D eigenvalue weighted by molar-refractivity contribution is 0.155. The van der Waals surface area contributed by atoms with E-state index >= 15 is 0 Å². The molecule has 2 rings (SSSR count). The Balaban J connectivity index is 1.90. The van der Waals surface area contributed by atoms with Gasteiger partial charge in [-0.3, -0.25) is 5.32 Å². The quantitative estimate of drug-likeness (QED) is 0.829. The van der Waals surface area contributed by atoms with Crippen molar-refractivity contribution in [3.05, 3.63) is 59.9 Å². The fourth-order valence-corrected chi connectivity index (χ4v) is 1.74. The van der Waals surface area contributed by atoms with Crippen molar-refractivity contribution in [3.63, 3.8) is 0 Å². The molecule has 22 heavy (non-hydrogen) atoms. The first kappa shape index (κ1) is 15.3. The summed E-state index contributed by atoms with van der Waals surface area (Å²) < 4.78 is 18.8. The molecular weight excluding hydrogens is 285 g/mol. The molecule has 2 aromatic carbocycles. The highest BCUT2D eigenvalue weighted by atomic mass is 19.1. The Morgan fingerprint density at radius 1 is 1.23 bits per heavy atom. The van der Waals surface area contributed by atoms with Crippen molar-refractivity contribution in [1.82, 2.24) is 0 Å². The predicted octanol–water partition coefficient (Wildman–Crippen LogP) is 3.51. The second-order valence-electron chi connectivity index (χ2n) is 4.39. The Labute approximate surface area is 127 Å². The number of anilines is 2. The van der Waals surface area contributed by atoms with E-state index in [1.165, 1.54) is 12.1 Å². The van der Waals surface area contributed by atoms with E-state index in [2.05, 4.69) is 10.6 Å². The lowest BCUT2D eigenvalue weighted by Crippen LogP contribution is -2.14. The molecule has 1 amide bonds. The van der Waals surface area contributed by atoms with Gasteiger partial charge < -0.3 is 10.1 Å². The average Bonchev–Trinajstić information content (AvgIpc) is 2.54. The van der Waals surface area contributed by atoms with E-state index in [9.17, 15) is 9.18 Å². The largest absolute Gasteiger partial charge is 0.444 e. The number of benzene rings is 2. The Bertz CT molecular complexity index is 684. The number of ether oxygens (including phenoxy) is 1. The minimum Gasteiger partial charge on any atom is -0.444 e. The van der Waals surface area contributed by atoms with Crippen molar-refractivity contribution in [2.24, 2.45) is 0 Å². The third kappa shape index (κ3) is 4.49. The standard InChI is InChI=1S/C16H14FN3O2/c17-14-10-13(19-9-8-18)6-7-15(14)20-16(21)22-11-12-4-2-1-3-5-12/h1-7,10,19H,9,11H2,(H,20,21). The molecule has 0 bridgehead atoms. The second kappa shape index (κ2) is 7.64. The first-order valence-corrected chi connectivity index (χ1v) is 6.57. The van der Waals surface area contributed by atoms with Crippen LogP contribution in [0.4, 0.5) is 20.6 Å². The van der Waals surface area contributed by atoms with Crippen LogP contribution in [0.5, 0.6) is 0 Å². The second-order valence-corrected chi connectivity index (χ2v) is 4.39. The van der Waals surface area contributed by atoms with Gasteiger partial charge in [-0.1, -0.05) is 30.3 Å². The first-order chi connectivity index (χ1) is 10.7. The molecule has 0 aliphatic heterocycles. The maximum Gasteiger partial charge on any atom is 0.412 e. The maximum atomic E-state index is 13.8. The summed E-state index contributed by atoms with van der Waals surface area (Å²) in [6.45, 7) is 0.182. The monoisotopic (exact) mass is 299 g/mol. The summed E-state index contributed by atoms with van der Waals surface area (Å²) in [6, 6.07) is 15.2. The SMILES string of the molecule is N#CCNc1ccc(NC(=O)OCc2ccccc2)c(F)c1. The molecule has 5 nitrogen and oxygen atoms in total. The molecular formula is C16H14FN3O2. The van der Waals surface area contributed by atoms with E-state index in [1.54, 1.807) is 6.07 Å². The van der Waals surface area contributed by atoms with Crippen molar-refractivity contribution in [2.75, 3.05) is 17.2 Å². The van der Waals surface area contributed by atoms with Gasteiger partial charge in [0.05, 0.1) is 11.8 Å². The maximum absolute atomic E-state index is 13.8. The summed E-state index contributed by atoms with van der Waals surface area (Å²) in [5, 5.41) is 13.5. The number of carbonyl (C=O) groups is 1. The summed E-state index contributed by atoms with van der Waals surface area (Å²) >= 11 is 0. The summed E-state index contributed by atoms with van der Waals surface area (Å²) in [5.41, 5.74) is 1.32. The number of nitrogens with zero attached hydrogens (tertiary/aromatic N) is 1. The van der Waals surface area contributed by atoms with Crippen LogP contribution in [0.25, 0.3) is 0 Å². The van der Waals surface area contributed by atoms with Crippen LogP contribution >= 0.6 is 0 Å². The highest BCUT2D eigenvalue weighted by Gasteiger charge is 2.09. The van der Waals surface area contributed by atoms with Gasteiger partial charge in [-0.2, -0.15) is 5.26 Å². The smallest absolute Gasteiger partial charge is 0.412 e. The van der Waals surface area contributed by atoms with Gasteiger partial charge in [0.15, 0.2) is 0 Å². The van der Waals surface area contributed by atoms with Crippen molar-refractivity contribution in [1.29, 1.82) is 5.26 Å². The summed E-state index contributed by atoms with van der Waals surface area (Å²) in [4.78, 5) is 11.6. The van der Waals surface area contributed by atoms with Gasteiger partial charge in [0.25, 0.3) is 0 Å². The van der Waals surface area contributed by atoms with Crippen LogP contribution in [-0.4, -0.2) is 12.6 Å². The third-order valence-corrected chi connectivity index (χ3v) is 2.79. The number of hydrogen-bond donors (Lipinski definition) is 2. The molecule has 0 unspecified atom stereocenters. The summed E-state index contributed by atoms with van der Waals surface area (Å²) in [7, 11) is 0. The topological polar surface area (TPSA) is 74.2 Å². The number of halogens is 1. The highest BCUT2D eigenvalue weighted by molar-refractivity contribution is 5.85. The zero-order valence-electron chi connectivity index (χ0n) is 11.7. The van der Waals surface area contributed by atoms with Gasteiger partial charge >= 0.3 is 6.09 Å². The molecule has 0 spiro atoms. The zero-order chi connectivity index (χ0) is 15.8. The molecule has 6 heteroatoms. The minimum atomic E-state index is -0.736. The van der Waals surface area contributed by atoms with Gasteiger partial charge in [0.1, 0.15) is 19.0 Å². The van der Waals surface area contributed by atoms with Crippen molar-refractivity contribution >= 4 is 17.5 Å². The molecule has 112 valence electrons. The Morgan fingerprint density at radius 2 is 2.00 bits per heavy atom. The van der Waals surface area contributed by atoms with Crippen molar-refractivity contribution in [3.8, 4) is 6.07 Å². The lowest BCUT2D eigenvalue weighted by Gasteiger charge is -2.09. The minimum absolute atomic E-state index is 0.0144. The van der Waals surface area contributed by atoms with Gasteiger partial charge in [-0.25, -0.2) is 9.18 Å². The van der Waals surface area contributed by atoms with Crippen LogP contribution in [0.1, 0.15) is 5.56 Å². The number of rotatable bonds is 5. The Hall–Kier alpha value is -3.07. The van der Waals surface area contributed by atoms with Crippen LogP contribution in [0, 0.1) is 17.1 Å². The molecule has 0 saturated carbocycles. The van der Waals surface area contributed by atoms with E-state index in [4.69, 9.17) is 10.00 Å². The van der Waals surface area contributed by atoms with Crippen molar-refractivity contribution in [2.45, 2.75) is 6.61 Å². The lowest BCUT2D eigenvalue weighted by atomic mass is 10.2. The number of amides is 1. The molecule has 0 atom stereocenters. The van der Waals surface area contributed by atoms with Gasteiger partial charge in [0.2, 0.25) is 0 Å². The van der Waals surface area contributed by atoms with Crippen LogP contribution in [-0.2, 0) is 11.3 Å². The van der Waals surface area contributed by atoms with Gasteiger partial charge in [-0.05, 0) is 23.8 Å². The molecule has 0 radical (unpaired) electrons. The fraction of sp³-hybridized carbons (Fsp3) is 0.125. The van der Waals surface area contributed by atoms with E-state index in [0.717, 1.165) is 5.56 Å². The van der Waals surface area contributed by atoms with E-state index in [0.29, 0.717) is 5.69 Å². The molecule has 2 aromatic rings. The molecule has 2 N–H and O–H groups in total. The molecule has 0 saturated heterocycles. The van der Waals surface area contributed by atoms with Crippen LogP contribution in [0.15, 0.2) is 48.5 Å². The normalized spacial score (nSPS) is 9.64. The summed E-state index contributed by atoms with van der Waals surface area (Å²) in [5.74, 6) is -0.611. The highest BCUT2D eigenvalue weighted by Crippen LogP contribution is 2.19. The van der Waals surface area contributed by atoms with E-state index < -0.39 is 11.9 Å². The van der Waals surface area contributed by atoms with Gasteiger partial charge in [-0.15, -0.1) is 0 Å². The molecule has 0 heterocycles. The Morgan fingerprint density at radius 3 is 2.68 bits per heavy atom. The molecule has 0 aliphatic rings. The van der Waals surface area contributed by atoms with Crippen molar-refractivity contribution < 1.29 is 13.9 Å². The summed E-state index contributed by atoms with van der Waals surface area (Å²) in [6.07, 6.45) is -0.736. The number of nitriles is 1. The van der Waals surface area contributed by atoms with Gasteiger partial charge in [0, 0.05) is 5.69 Å². The molecule has 0 fully saturated rings. The predicted molar refractivity (Wildman–Crippen MR) is 80.8 cm³/mol. The van der Waals surface area contributed by atoms with Crippen LogP contribution < -0.4 is 10.6 Å². The van der Waals surface area contributed by atoms with Crippen LogP contribution in [0.2, 0.25) is 0 Å². The fourth-order valence-electron chi connectivity index (χ4n) is 1.74. The first-order valence-electron chi connectivity index (χ1n) is 6.57. The number of nitrogens with one attached hydrogen (secondary N) is 2. The third-order valence-electron chi connectivity index (χ3n) is 2.79. The van der Waals surface area contributed by atoms with E-state index in [1.807, 2.05) is 36.4 Å². The number of carbonyl (C=O) groups excluding carboxylic acids is 1. The zero-order valence-corrected chi connectivity index (χ0v) is 11.7. The van der Waals surface area contributed by atoms with Crippen LogP contribution in [0.3, 0.4) is 0 Å².